The average molecular weight is 659 g/mol. The molecule has 4 heterocycles. The number of amides is 2. The topological polar surface area (TPSA) is 163 Å². The predicted molar refractivity (Wildman–Crippen MR) is 164 cm³/mol. The van der Waals surface area contributed by atoms with Crippen molar-refractivity contribution >= 4 is 39.4 Å². The van der Waals surface area contributed by atoms with Gasteiger partial charge in [0.1, 0.15) is 11.9 Å². The van der Waals surface area contributed by atoms with Crippen LogP contribution >= 0.6 is 11.3 Å². The lowest BCUT2D eigenvalue weighted by Gasteiger charge is -2.72. The molecular weight excluding hydrogens is 624 g/mol. The van der Waals surface area contributed by atoms with Crippen molar-refractivity contribution in [3.05, 3.63) is 63.0 Å². The van der Waals surface area contributed by atoms with Gasteiger partial charge in [-0.25, -0.2) is 24.1 Å². The number of urea groups is 1. The van der Waals surface area contributed by atoms with Crippen molar-refractivity contribution in [3.8, 4) is 0 Å². The molecule has 4 N–H and O–H groups in total. The molecule has 240 valence electrons. The SMILES string of the molecule is CCOC(=O)C1=C(CN2CCN3C(=O)N(C45CC(NS(N)(=O)=O)(C4)C5)C[C@@H]3C2)NC(c2nccs2)=N[C@H]1c1cccc(F)c1C. The zero-order valence-corrected chi connectivity index (χ0v) is 26.6. The van der Waals surface area contributed by atoms with Gasteiger partial charge in [-0.15, -0.1) is 11.3 Å². The molecule has 2 amide bonds. The van der Waals surface area contributed by atoms with E-state index in [0.717, 1.165) is 0 Å². The summed E-state index contributed by atoms with van der Waals surface area (Å²) >= 11 is 1.41. The Morgan fingerprint density at radius 2 is 2.04 bits per heavy atom. The number of benzene rings is 1. The van der Waals surface area contributed by atoms with Gasteiger partial charge in [-0.2, -0.15) is 13.1 Å². The van der Waals surface area contributed by atoms with Crippen molar-refractivity contribution in [2.45, 2.75) is 56.3 Å². The molecule has 0 radical (unpaired) electrons. The molecule has 0 unspecified atom stereocenters. The smallest absolute Gasteiger partial charge is 0.338 e. The summed E-state index contributed by atoms with van der Waals surface area (Å²) in [7, 11) is -3.81. The number of esters is 1. The highest BCUT2D eigenvalue weighted by Crippen LogP contribution is 2.64. The summed E-state index contributed by atoms with van der Waals surface area (Å²) in [5.74, 6) is -0.418. The Morgan fingerprint density at radius 1 is 1.27 bits per heavy atom. The van der Waals surface area contributed by atoms with Crippen LogP contribution in [0.4, 0.5) is 9.18 Å². The number of piperazine rings is 1. The van der Waals surface area contributed by atoms with Crippen LogP contribution in [0.15, 0.2) is 46.0 Å². The van der Waals surface area contributed by atoms with Crippen LogP contribution in [-0.4, -0.2) is 102 Å². The molecule has 3 aliphatic carbocycles. The highest BCUT2D eigenvalue weighted by atomic mass is 32.2. The van der Waals surface area contributed by atoms with Gasteiger partial charge in [-0.3, -0.25) is 9.89 Å². The van der Waals surface area contributed by atoms with Crippen LogP contribution in [-0.2, 0) is 19.7 Å². The monoisotopic (exact) mass is 658 g/mol. The van der Waals surface area contributed by atoms with Gasteiger partial charge >= 0.3 is 12.0 Å². The summed E-state index contributed by atoms with van der Waals surface area (Å²) in [6.45, 7) is 6.14. The Hall–Kier alpha value is -3.44. The van der Waals surface area contributed by atoms with Crippen molar-refractivity contribution in [3.63, 3.8) is 0 Å². The predicted octanol–water partition coefficient (Wildman–Crippen LogP) is 1.39. The van der Waals surface area contributed by atoms with E-state index in [2.05, 4.69) is 19.9 Å². The zero-order chi connectivity index (χ0) is 31.7. The van der Waals surface area contributed by atoms with E-state index < -0.39 is 27.8 Å². The standard InChI is InChI=1S/C29H35FN8O5S2/c1-3-43-26(39)22-21(33-24(25-32-7-10-44-25)34-23(22)19-5-4-6-20(30)17(19)2)13-36-8-9-37-18(11-36)12-38(27(37)40)29-14-28(15-29,16-29)35-45(31,41)42/h4-7,10,18,23,35H,3,8-9,11-16H2,1-2H3,(H,33,34)(H2,31,41,42)/t18-,23-,28?,29?/m0/s1. The molecule has 16 heteroatoms. The molecule has 3 saturated carbocycles. The first-order valence-electron chi connectivity index (χ1n) is 14.9. The van der Waals surface area contributed by atoms with E-state index in [1.165, 1.54) is 17.4 Å². The van der Waals surface area contributed by atoms with Crippen molar-refractivity contribution in [2.75, 3.05) is 39.3 Å². The van der Waals surface area contributed by atoms with Gasteiger partial charge in [0.2, 0.25) is 0 Å². The minimum atomic E-state index is -3.81. The van der Waals surface area contributed by atoms with Crippen LogP contribution in [0, 0.1) is 12.7 Å². The molecule has 6 aliphatic rings. The third-order valence-electron chi connectivity index (χ3n) is 9.61. The third-order valence-corrected chi connectivity index (χ3v) is 11.1. The molecule has 2 aromatic rings. The first kappa shape index (κ1) is 30.2. The molecule has 8 rings (SSSR count). The van der Waals surface area contributed by atoms with Crippen LogP contribution < -0.4 is 15.2 Å². The number of nitrogens with zero attached hydrogens (tertiary/aromatic N) is 5. The van der Waals surface area contributed by atoms with Crippen LogP contribution in [0.5, 0.6) is 0 Å². The number of carbonyl (C=O) groups is 2. The van der Waals surface area contributed by atoms with Crippen LogP contribution in [0.25, 0.3) is 0 Å². The van der Waals surface area contributed by atoms with E-state index >= 15 is 0 Å². The second kappa shape index (κ2) is 10.8. The van der Waals surface area contributed by atoms with Crippen LogP contribution in [0.3, 0.4) is 0 Å². The van der Waals surface area contributed by atoms with Gasteiger partial charge in [0.25, 0.3) is 10.2 Å². The van der Waals surface area contributed by atoms with Gasteiger partial charge in [-0.1, -0.05) is 12.1 Å². The highest BCUT2D eigenvalue weighted by Gasteiger charge is 2.73. The minimum Gasteiger partial charge on any atom is -0.463 e. The molecule has 3 aliphatic heterocycles. The van der Waals surface area contributed by atoms with Crippen LogP contribution in [0.2, 0.25) is 0 Å². The number of halogens is 1. The number of hydrogen-bond acceptors (Lipinski definition) is 10. The maximum atomic E-state index is 14.8. The van der Waals surface area contributed by atoms with Gasteiger partial charge in [0, 0.05) is 55.5 Å². The minimum absolute atomic E-state index is 0.0226. The maximum absolute atomic E-state index is 14.8. The fourth-order valence-corrected chi connectivity index (χ4v) is 9.14. The number of fused-ring (bicyclic) bond motifs is 1. The van der Waals surface area contributed by atoms with Crippen molar-refractivity contribution < 1.29 is 27.1 Å². The summed E-state index contributed by atoms with van der Waals surface area (Å²) in [5, 5.41) is 11.0. The van der Waals surface area contributed by atoms with E-state index in [9.17, 15) is 22.4 Å². The second-order valence-corrected chi connectivity index (χ2v) is 14.8. The maximum Gasteiger partial charge on any atom is 0.338 e. The van der Waals surface area contributed by atoms with Crippen molar-refractivity contribution in [1.29, 1.82) is 0 Å². The number of ether oxygens (including phenoxy) is 1. The summed E-state index contributed by atoms with van der Waals surface area (Å²) in [6.07, 6.45) is 3.36. The highest BCUT2D eigenvalue weighted by molar-refractivity contribution is 7.87. The number of aliphatic imine (C=N–C) groups is 1. The fourth-order valence-electron chi connectivity index (χ4n) is 7.73. The average Bonchev–Trinajstić information content (AvgIpc) is 3.59. The van der Waals surface area contributed by atoms with E-state index in [-0.39, 0.29) is 30.0 Å². The summed E-state index contributed by atoms with van der Waals surface area (Å²) in [6, 6.07) is 3.88. The molecule has 13 nitrogen and oxygen atoms in total. The lowest BCUT2D eigenvalue weighted by atomic mass is 9.44. The van der Waals surface area contributed by atoms with Gasteiger partial charge in [0.05, 0.1) is 23.8 Å². The Bertz CT molecular complexity index is 1710. The van der Waals surface area contributed by atoms with Gasteiger partial charge in [-0.05, 0) is 50.3 Å². The van der Waals surface area contributed by atoms with E-state index in [1.54, 1.807) is 32.2 Å². The second-order valence-electron chi connectivity index (χ2n) is 12.6. The van der Waals surface area contributed by atoms with E-state index in [1.807, 2.05) is 15.2 Å². The number of nitrogens with two attached hydrogens (primary N) is 1. The Morgan fingerprint density at radius 3 is 2.73 bits per heavy atom. The van der Waals surface area contributed by atoms with Crippen molar-refractivity contribution in [2.24, 2.45) is 10.1 Å². The number of thiazole rings is 1. The quantitative estimate of drug-likeness (QED) is 0.341. The van der Waals surface area contributed by atoms with Gasteiger partial charge in [0.15, 0.2) is 10.8 Å². The first-order chi connectivity index (χ1) is 21.4. The van der Waals surface area contributed by atoms with E-state index in [4.69, 9.17) is 14.9 Å². The van der Waals surface area contributed by atoms with Crippen molar-refractivity contribution in [1.82, 2.24) is 29.7 Å². The summed E-state index contributed by atoms with van der Waals surface area (Å²) in [4.78, 5) is 42.3. The summed E-state index contributed by atoms with van der Waals surface area (Å²) < 4.78 is 46.0. The number of amidine groups is 1. The van der Waals surface area contributed by atoms with Crippen LogP contribution in [0.1, 0.15) is 48.4 Å². The van der Waals surface area contributed by atoms with Gasteiger partial charge < -0.3 is 19.9 Å². The van der Waals surface area contributed by atoms with E-state index in [0.29, 0.717) is 85.2 Å². The Labute approximate surface area is 264 Å². The molecule has 2 atom stereocenters. The number of rotatable bonds is 9. The normalized spacial score (nSPS) is 29.5. The molecular formula is C29H35FN8O5S2. The molecule has 0 spiro atoms. The molecule has 2 bridgehead atoms. The first-order valence-corrected chi connectivity index (χ1v) is 17.4. The third kappa shape index (κ3) is 5.21. The Kier molecular flexibility index (Phi) is 7.27. The fraction of sp³-hybridized carbons (Fsp3) is 0.517. The number of hydrogen-bond donors (Lipinski definition) is 3. The summed E-state index contributed by atoms with van der Waals surface area (Å²) in [5.41, 5.74) is 1.02. The molecule has 1 aromatic heterocycles. The molecule has 1 aromatic carbocycles. The lowest BCUT2D eigenvalue weighted by Crippen LogP contribution is -2.84. The molecule has 45 heavy (non-hydrogen) atoms. The molecule has 2 saturated heterocycles. The lowest BCUT2D eigenvalue weighted by molar-refractivity contribution is -0.145. The number of aromatic nitrogens is 1. The zero-order valence-electron chi connectivity index (χ0n) is 25.0. The largest absolute Gasteiger partial charge is 0.463 e. The molecule has 5 fully saturated rings. The number of nitrogens with one attached hydrogen (secondary N) is 2. The Balaban J connectivity index is 1.14. The number of carbonyl (C=O) groups excluding carboxylic acids is 2.